The van der Waals surface area contributed by atoms with Crippen LogP contribution in [0.5, 0.6) is 0 Å². The van der Waals surface area contributed by atoms with Crippen LogP contribution in [0.1, 0.15) is 48.7 Å². The Morgan fingerprint density at radius 3 is 3.05 bits per heavy atom. The molecule has 5 nitrogen and oxygen atoms in total. The third-order valence-electron chi connectivity index (χ3n) is 4.12. The largest absolute Gasteiger partial charge is 0.396 e. The summed E-state index contributed by atoms with van der Waals surface area (Å²) in [5.41, 5.74) is 1.66. The first kappa shape index (κ1) is 15.0. The van der Waals surface area contributed by atoms with Crippen LogP contribution < -0.4 is 0 Å². The first-order chi connectivity index (χ1) is 9.67. The van der Waals surface area contributed by atoms with Crippen LogP contribution in [0.4, 0.5) is 0 Å². The molecule has 1 aliphatic rings. The fourth-order valence-electron chi connectivity index (χ4n) is 2.76. The van der Waals surface area contributed by atoms with E-state index in [1.165, 1.54) is 0 Å². The van der Waals surface area contributed by atoms with Gasteiger partial charge in [0.05, 0.1) is 11.8 Å². The minimum Gasteiger partial charge on any atom is -0.396 e. The van der Waals surface area contributed by atoms with Crippen molar-refractivity contribution < 1.29 is 9.90 Å². The number of aliphatic hydroxyl groups is 1. The summed E-state index contributed by atoms with van der Waals surface area (Å²) in [6.45, 7) is 6.59. The lowest BCUT2D eigenvalue weighted by Crippen LogP contribution is -2.41. The van der Waals surface area contributed by atoms with E-state index in [-0.39, 0.29) is 18.4 Å². The molecule has 0 radical (unpaired) electrons. The molecule has 0 bridgehead atoms. The van der Waals surface area contributed by atoms with E-state index in [0.717, 1.165) is 44.5 Å². The molecule has 0 aromatic carbocycles. The van der Waals surface area contributed by atoms with Gasteiger partial charge >= 0.3 is 0 Å². The Labute approximate surface area is 120 Å². The Kier molecular flexibility index (Phi) is 5.17. The number of aliphatic hydroxyl groups excluding tert-OH is 1. The van der Waals surface area contributed by atoms with Crippen LogP contribution in [0.3, 0.4) is 0 Å². The maximum Gasteiger partial charge on any atom is 0.257 e. The van der Waals surface area contributed by atoms with Crippen LogP contribution in [0.2, 0.25) is 0 Å². The average Bonchev–Trinajstić information content (AvgIpc) is 2.85. The summed E-state index contributed by atoms with van der Waals surface area (Å²) >= 11 is 0. The molecule has 1 aromatic heterocycles. The molecule has 112 valence electrons. The molecule has 0 spiro atoms. The number of carbonyl (C=O) groups excluding carboxylic acids is 1. The topological polar surface area (TPSA) is 58.4 Å². The highest BCUT2D eigenvalue weighted by atomic mass is 16.3. The number of hydrogen-bond acceptors (Lipinski definition) is 3. The van der Waals surface area contributed by atoms with Gasteiger partial charge in [0.25, 0.3) is 5.91 Å². The van der Waals surface area contributed by atoms with Crippen molar-refractivity contribution in [2.45, 2.75) is 46.1 Å². The molecule has 1 fully saturated rings. The van der Waals surface area contributed by atoms with Crippen molar-refractivity contribution in [2.24, 2.45) is 5.92 Å². The molecular formula is C15H25N3O2. The number of piperidine rings is 1. The summed E-state index contributed by atoms with van der Waals surface area (Å²) < 4.78 is 1.92. The van der Waals surface area contributed by atoms with E-state index in [0.29, 0.717) is 12.1 Å². The van der Waals surface area contributed by atoms with Gasteiger partial charge in [-0.05, 0) is 32.1 Å². The lowest BCUT2D eigenvalue weighted by Gasteiger charge is -2.31. The number of rotatable bonds is 5. The third kappa shape index (κ3) is 3.20. The number of carbonyl (C=O) groups is 1. The van der Waals surface area contributed by atoms with Crippen molar-refractivity contribution in [3.8, 4) is 0 Å². The fraction of sp³-hybridized carbons (Fsp3) is 0.733. The maximum atomic E-state index is 12.6. The molecule has 20 heavy (non-hydrogen) atoms. The van der Waals surface area contributed by atoms with Gasteiger partial charge in [-0.3, -0.25) is 9.48 Å². The second-order valence-corrected chi connectivity index (χ2v) is 5.66. The number of hydrogen-bond donors (Lipinski definition) is 1. The van der Waals surface area contributed by atoms with Crippen LogP contribution >= 0.6 is 0 Å². The number of aryl methyl sites for hydroxylation is 1. The van der Waals surface area contributed by atoms with Gasteiger partial charge in [-0.2, -0.15) is 5.10 Å². The van der Waals surface area contributed by atoms with Crippen molar-refractivity contribution in [1.82, 2.24) is 14.7 Å². The standard InChI is InChI=1S/C15H25N3O2/c1-3-4-8-18-12(2)14(9-16-18)15(20)17-7-5-6-13(10-17)11-19/h9,13,19H,3-8,10-11H2,1-2H3. The average molecular weight is 279 g/mol. The molecule has 0 saturated carbocycles. The number of amides is 1. The highest BCUT2D eigenvalue weighted by Crippen LogP contribution is 2.19. The minimum atomic E-state index is 0.0587. The van der Waals surface area contributed by atoms with Gasteiger partial charge in [-0.15, -0.1) is 0 Å². The van der Waals surface area contributed by atoms with Crippen LogP contribution in [0, 0.1) is 12.8 Å². The summed E-state index contributed by atoms with van der Waals surface area (Å²) in [7, 11) is 0. The predicted octanol–water partition coefficient (Wildman–Crippen LogP) is 1.84. The van der Waals surface area contributed by atoms with Gasteiger partial charge in [0.2, 0.25) is 0 Å². The lowest BCUT2D eigenvalue weighted by atomic mass is 9.98. The van der Waals surface area contributed by atoms with E-state index in [2.05, 4.69) is 12.0 Å². The van der Waals surface area contributed by atoms with Crippen molar-refractivity contribution in [3.05, 3.63) is 17.5 Å². The van der Waals surface area contributed by atoms with Gasteiger partial charge in [-0.25, -0.2) is 0 Å². The molecule has 1 aliphatic heterocycles. The van der Waals surface area contributed by atoms with E-state index >= 15 is 0 Å². The van der Waals surface area contributed by atoms with E-state index in [9.17, 15) is 9.90 Å². The molecule has 5 heteroatoms. The van der Waals surface area contributed by atoms with Crippen LogP contribution in [-0.4, -0.2) is 45.4 Å². The van der Waals surface area contributed by atoms with E-state index in [1.807, 2.05) is 16.5 Å². The van der Waals surface area contributed by atoms with E-state index in [4.69, 9.17) is 0 Å². The molecule has 1 unspecified atom stereocenters. The summed E-state index contributed by atoms with van der Waals surface area (Å²) in [6.07, 6.45) is 5.87. The normalized spacial score (nSPS) is 19.4. The minimum absolute atomic E-state index is 0.0587. The van der Waals surface area contributed by atoms with Crippen LogP contribution in [0.25, 0.3) is 0 Å². The second-order valence-electron chi connectivity index (χ2n) is 5.66. The monoisotopic (exact) mass is 279 g/mol. The van der Waals surface area contributed by atoms with Gasteiger partial charge in [0.15, 0.2) is 0 Å². The first-order valence-corrected chi connectivity index (χ1v) is 7.59. The van der Waals surface area contributed by atoms with Gasteiger partial charge in [0, 0.05) is 31.9 Å². The van der Waals surface area contributed by atoms with Crippen LogP contribution in [-0.2, 0) is 6.54 Å². The van der Waals surface area contributed by atoms with Gasteiger partial charge in [0.1, 0.15) is 0 Å². The summed E-state index contributed by atoms with van der Waals surface area (Å²) in [4.78, 5) is 14.4. The van der Waals surface area contributed by atoms with E-state index in [1.54, 1.807) is 6.20 Å². The number of likely N-dealkylation sites (tertiary alicyclic amines) is 1. The molecule has 1 atom stereocenters. The molecule has 2 rings (SSSR count). The van der Waals surface area contributed by atoms with E-state index < -0.39 is 0 Å². The SMILES string of the molecule is CCCCn1ncc(C(=O)N2CCCC(CO)C2)c1C. The molecule has 2 heterocycles. The van der Waals surface area contributed by atoms with Gasteiger partial charge in [-0.1, -0.05) is 13.3 Å². The Balaban J connectivity index is 2.07. The summed E-state index contributed by atoms with van der Waals surface area (Å²) in [6, 6.07) is 0. The Bertz CT molecular complexity index is 456. The van der Waals surface area contributed by atoms with Gasteiger partial charge < -0.3 is 10.0 Å². The molecule has 1 aromatic rings. The summed E-state index contributed by atoms with van der Waals surface area (Å²) in [5.74, 6) is 0.284. The zero-order valence-electron chi connectivity index (χ0n) is 12.5. The first-order valence-electron chi connectivity index (χ1n) is 7.59. The smallest absolute Gasteiger partial charge is 0.257 e. The fourth-order valence-corrected chi connectivity index (χ4v) is 2.76. The van der Waals surface area contributed by atoms with Crippen LogP contribution in [0.15, 0.2) is 6.20 Å². The van der Waals surface area contributed by atoms with Crippen molar-refractivity contribution in [3.63, 3.8) is 0 Å². The van der Waals surface area contributed by atoms with Crippen molar-refractivity contribution in [1.29, 1.82) is 0 Å². The molecule has 0 aliphatic carbocycles. The predicted molar refractivity (Wildman–Crippen MR) is 77.6 cm³/mol. The maximum absolute atomic E-state index is 12.6. The Hall–Kier alpha value is -1.36. The number of nitrogens with zero attached hydrogens (tertiary/aromatic N) is 3. The second kappa shape index (κ2) is 6.88. The lowest BCUT2D eigenvalue weighted by molar-refractivity contribution is 0.0620. The molecular weight excluding hydrogens is 254 g/mol. The Morgan fingerprint density at radius 2 is 2.35 bits per heavy atom. The van der Waals surface area contributed by atoms with Crippen molar-refractivity contribution in [2.75, 3.05) is 19.7 Å². The molecule has 1 saturated heterocycles. The summed E-state index contributed by atoms with van der Waals surface area (Å²) in [5, 5.41) is 13.6. The zero-order chi connectivity index (χ0) is 14.5. The zero-order valence-corrected chi connectivity index (χ0v) is 12.5. The Morgan fingerprint density at radius 1 is 1.55 bits per heavy atom. The quantitative estimate of drug-likeness (QED) is 0.894. The third-order valence-corrected chi connectivity index (χ3v) is 4.12. The highest BCUT2D eigenvalue weighted by Gasteiger charge is 2.26. The van der Waals surface area contributed by atoms with Crippen molar-refractivity contribution >= 4 is 5.91 Å². The highest BCUT2D eigenvalue weighted by molar-refractivity contribution is 5.95. The molecule has 1 N–H and O–H groups in total. The number of aromatic nitrogens is 2. The number of unbranched alkanes of at least 4 members (excludes halogenated alkanes) is 1. The molecule has 1 amide bonds.